The summed E-state index contributed by atoms with van der Waals surface area (Å²) in [5.41, 5.74) is 0.609. The largest absolute Gasteiger partial charge is 0.396 e. The number of hydrogen-bond donors (Lipinski definition) is 3. The number of para-hydroxylation sites is 1. The fraction of sp³-hybridized carbons (Fsp3) is 0.500. The molecule has 0 aliphatic carbocycles. The number of nitrogens with zero attached hydrogens (tertiary/aromatic N) is 1. The van der Waals surface area contributed by atoms with Gasteiger partial charge in [0.05, 0.1) is 4.92 Å². The van der Waals surface area contributed by atoms with Crippen molar-refractivity contribution < 1.29 is 10.0 Å². The third-order valence-corrected chi connectivity index (χ3v) is 2.67. The van der Waals surface area contributed by atoms with Crippen LogP contribution in [0.25, 0.3) is 0 Å². The minimum absolute atomic E-state index is 0.0134. The van der Waals surface area contributed by atoms with Crippen LogP contribution in [0.5, 0.6) is 0 Å². The van der Waals surface area contributed by atoms with Gasteiger partial charge in [0.25, 0.3) is 0 Å². The lowest BCUT2D eigenvalue weighted by molar-refractivity contribution is -0.383. The van der Waals surface area contributed by atoms with Crippen molar-refractivity contribution >= 4 is 17.1 Å². The lowest BCUT2D eigenvalue weighted by Crippen LogP contribution is -2.27. The second kappa shape index (κ2) is 5.68. The van der Waals surface area contributed by atoms with Gasteiger partial charge in [-0.2, -0.15) is 0 Å². The standard InChI is InChI=1S/C12H19N3O3/c1-12(2,8-16)7-14-10-6-4-5-9(13-3)11(10)15(17)18/h4-6,13-14,16H,7-8H2,1-3H3. The molecule has 0 saturated carbocycles. The SMILES string of the molecule is CNc1cccc(NCC(C)(C)CO)c1[N+](=O)[O-]. The van der Waals surface area contributed by atoms with Crippen molar-refractivity contribution in [3.63, 3.8) is 0 Å². The van der Waals surface area contributed by atoms with E-state index in [1.54, 1.807) is 25.2 Å². The van der Waals surface area contributed by atoms with Crippen LogP contribution in [-0.2, 0) is 0 Å². The Labute approximate surface area is 106 Å². The van der Waals surface area contributed by atoms with Crippen molar-refractivity contribution in [2.75, 3.05) is 30.8 Å². The first-order valence-electron chi connectivity index (χ1n) is 5.71. The Morgan fingerprint density at radius 1 is 1.39 bits per heavy atom. The minimum atomic E-state index is -0.417. The van der Waals surface area contributed by atoms with Gasteiger partial charge < -0.3 is 15.7 Å². The predicted octanol–water partition coefficient (Wildman–Crippen LogP) is 2.07. The molecule has 3 N–H and O–H groups in total. The molecule has 1 rings (SSSR count). The van der Waals surface area contributed by atoms with Crippen molar-refractivity contribution in [2.24, 2.45) is 5.41 Å². The average Bonchev–Trinajstić information content (AvgIpc) is 2.35. The maximum absolute atomic E-state index is 11.1. The highest BCUT2D eigenvalue weighted by Gasteiger charge is 2.21. The van der Waals surface area contributed by atoms with Crippen LogP contribution >= 0.6 is 0 Å². The van der Waals surface area contributed by atoms with Gasteiger partial charge in [0.15, 0.2) is 0 Å². The molecule has 0 amide bonds. The Kier molecular flexibility index (Phi) is 4.49. The smallest absolute Gasteiger partial charge is 0.315 e. The molecule has 18 heavy (non-hydrogen) atoms. The normalized spacial score (nSPS) is 11.1. The lowest BCUT2D eigenvalue weighted by atomic mass is 9.95. The first-order chi connectivity index (χ1) is 8.41. The summed E-state index contributed by atoms with van der Waals surface area (Å²) < 4.78 is 0. The molecule has 0 aliphatic heterocycles. The molecule has 100 valence electrons. The van der Waals surface area contributed by atoms with Crippen molar-refractivity contribution in [3.05, 3.63) is 28.3 Å². The highest BCUT2D eigenvalue weighted by atomic mass is 16.6. The third-order valence-electron chi connectivity index (χ3n) is 2.67. The zero-order valence-electron chi connectivity index (χ0n) is 10.9. The molecular formula is C12H19N3O3. The van der Waals surface area contributed by atoms with E-state index in [9.17, 15) is 10.1 Å². The quantitative estimate of drug-likeness (QED) is 0.533. The number of benzene rings is 1. The third kappa shape index (κ3) is 3.33. The molecule has 6 nitrogen and oxygen atoms in total. The average molecular weight is 253 g/mol. The van der Waals surface area contributed by atoms with Gasteiger partial charge in [-0.05, 0) is 12.1 Å². The molecular weight excluding hydrogens is 234 g/mol. The van der Waals surface area contributed by atoms with E-state index in [0.717, 1.165) is 0 Å². The summed E-state index contributed by atoms with van der Waals surface area (Å²) in [4.78, 5) is 10.7. The van der Waals surface area contributed by atoms with Gasteiger partial charge in [-0.1, -0.05) is 19.9 Å². The molecule has 6 heteroatoms. The van der Waals surface area contributed by atoms with Crippen LogP contribution in [0, 0.1) is 15.5 Å². The second-order valence-electron chi connectivity index (χ2n) is 4.88. The fourth-order valence-electron chi connectivity index (χ4n) is 1.48. The molecule has 0 fully saturated rings. The second-order valence-corrected chi connectivity index (χ2v) is 4.88. The van der Waals surface area contributed by atoms with Crippen molar-refractivity contribution in [1.29, 1.82) is 0 Å². The summed E-state index contributed by atoms with van der Waals surface area (Å²) in [5.74, 6) is 0. The maximum Gasteiger partial charge on any atom is 0.315 e. The summed E-state index contributed by atoms with van der Waals surface area (Å²) in [7, 11) is 1.64. The van der Waals surface area contributed by atoms with Gasteiger partial charge in [-0.3, -0.25) is 10.1 Å². The first-order valence-corrected chi connectivity index (χ1v) is 5.71. The summed E-state index contributed by atoms with van der Waals surface area (Å²) >= 11 is 0. The lowest BCUT2D eigenvalue weighted by Gasteiger charge is -2.22. The summed E-state index contributed by atoms with van der Waals surface area (Å²) in [6, 6.07) is 5.06. The molecule has 1 aromatic rings. The van der Waals surface area contributed by atoms with Gasteiger partial charge >= 0.3 is 5.69 Å². The predicted molar refractivity (Wildman–Crippen MR) is 72.0 cm³/mol. The van der Waals surface area contributed by atoms with E-state index in [1.807, 2.05) is 13.8 Å². The van der Waals surface area contributed by atoms with Crippen LogP contribution in [0.4, 0.5) is 17.1 Å². The Hall–Kier alpha value is -1.82. The van der Waals surface area contributed by atoms with Crippen molar-refractivity contribution in [1.82, 2.24) is 0 Å². The van der Waals surface area contributed by atoms with Crippen molar-refractivity contribution in [3.8, 4) is 0 Å². The number of nitro groups is 1. The van der Waals surface area contributed by atoms with E-state index < -0.39 is 4.92 Å². The van der Waals surface area contributed by atoms with E-state index in [0.29, 0.717) is 17.9 Å². The number of aliphatic hydroxyl groups excluding tert-OH is 1. The van der Waals surface area contributed by atoms with E-state index in [4.69, 9.17) is 5.11 Å². The van der Waals surface area contributed by atoms with E-state index in [-0.39, 0.29) is 17.7 Å². The summed E-state index contributed by atoms with van der Waals surface area (Å²) in [6.45, 7) is 4.23. The van der Waals surface area contributed by atoms with Gasteiger partial charge in [0.2, 0.25) is 0 Å². The molecule has 0 unspecified atom stereocenters. The number of aliphatic hydroxyl groups is 1. The molecule has 0 radical (unpaired) electrons. The molecule has 0 aliphatic rings. The topological polar surface area (TPSA) is 87.4 Å². The van der Waals surface area contributed by atoms with Crippen LogP contribution in [0.15, 0.2) is 18.2 Å². The van der Waals surface area contributed by atoms with Crippen LogP contribution < -0.4 is 10.6 Å². The van der Waals surface area contributed by atoms with Crippen LogP contribution in [0.3, 0.4) is 0 Å². The number of rotatable bonds is 6. The highest BCUT2D eigenvalue weighted by molar-refractivity contribution is 5.76. The molecule has 0 spiro atoms. The number of anilines is 2. The minimum Gasteiger partial charge on any atom is -0.396 e. The number of nitrogens with one attached hydrogen (secondary N) is 2. The van der Waals surface area contributed by atoms with E-state index in [2.05, 4.69) is 10.6 Å². The number of hydrogen-bond acceptors (Lipinski definition) is 5. The molecule has 0 saturated heterocycles. The van der Waals surface area contributed by atoms with Crippen LogP contribution in [-0.4, -0.2) is 30.2 Å². The molecule has 0 atom stereocenters. The molecule has 0 aromatic heterocycles. The zero-order valence-corrected chi connectivity index (χ0v) is 10.9. The Bertz CT molecular complexity index is 433. The van der Waals surface area contributed by atoms with Gasteiger partial charge in [0.1, 0.15) is 11.4 Å². The van der Waals surface area contributed by atoms with Crippen molar-refractivity contribution in [2.45, 2.75) is 13.8 Å². The maximum atomic E-state index is 11.1. The number of nitro benzene ring substituents is 1. The van der Waals surface area contributed by atoms with Gasteiger partial charge in [-0.25, -0.2) is 0 Å². The summed E-state index contributed by atoms with van der Waals surface area (Å²) in [6.07, 6.45) is 0. The first kappa shape index (κ1) is 14.2. The monoisotopic (exact) mass is 253 g/mol. The summed E-state index contributed by atoms with van der Waals surface area (Å²) in [5, 5.41) is 26.1. The fourth-order valence-corrected chi connectivity index (χ4v) is 1.48. The highest BCUT2D eigenvalue weighted by Crippen LogP contribution is 2.33. The Morgan fingerprint density at radius 2 is 2.00 bits per heavy atom. The van der Waals surface area contributed by atoms with E-state index >= 15 is 0 Å². The molecule has 1 aromatic carbocycles. The van der Waals surface area contributed by atoms with Crippen LogP contribution in [0.1, 0.15) is 13.8 Å². The van der Waals surface area contributed by atoms with Crippen LogP contribution in [0.2, 0.25) is 0 Å². The molecule has 0 heterocycles. The van der Waals surface area contributed by atoms with Gasteiger partial charge in [-0.15, -0.1) is 0 Å². The molecule has 0 bridgehead atoms. The Morgan fingerprint density at radius 3 is 2.50 bits per heavy atom. The van der Waals surface area contributed by atoms with Gasteiger partial charge in [0, 0.05) is 25.6 Å². The zero-order chi connectivity index (χ0) is 13.8. The van der Waals surface area contributed by atoms with E-state index in [1.165, 1.54) is 0 Å². The Balaban J connectivity index is 2.99.